The van der Waals surface area contributed by atoms with E-state index in [0.717, 1.165) is 0 Å². The molecule has 0 radical (unpaired) electrons. The maximum absolute atomic E-state index is 5.95. The zero-order valence-corrected chi connectivity index (χ0v) is 14.5. The van der Waals surface area contributed by atoms with Crippen molar-refractivity contribution in [1.29, 1.82) is 0 Å². The number of ether oxygens (including phenoxy) is 2. The van der Waals surface area contributed by atoms with Gasteiger partial charge in [-0.05, 0) is 24.3 Å². The van der Waals surface area contributed by atoms with Gasteiger partial charge in [0.1, 0.15) is 17.3 Å². The van der Waals surface area contributed by atoms with Crippen molar-refractivity contribution >= 4 is 11.6 Å². The topological polar surface area (TPSA) is 124 Å². The predicted molar refractivity (Wildman–Crippen MR) is 97.4 cm³/mol. The number of nitrogens with two attached hydrogens (primary N) is 1. The molecule has 0 aliphatic carbocycles. The SMILES string of the molecule is COc1ccc(OC)c(NC(N)=NCCc2nc(-c3ccco3)n[nH]2)c1. The van der Waals surface area contributed by atoms with Gasteiger partial charge in [0.2, 0.25) is 5.82 Å². The second-order valence-electron chi connectivity index (χ2n) is 5.29. The third-order valence-corrected chi connectivity index (χ3v) is 3.57. The normalized spacial score (nSPS) is 11.4. The first-order chi connectivity index (χ1) is 12.7. The van der Waals surface area contributed by atoms with Crippen LogP contribution in [0.5, 0.6) is 11.5 Å². The summed E-state index contributed by atoms with van der Waals surface area (Å²) in [6, 6.07) is 8.97. The lowest BCUT2D eigenvalue weighted by Gasteiger charge is -2.12. The Morgan fingerprint density at radius 1 is 1.31 bits per heavy atom. The summed E-state index contributed by atoms with van der Waals surface area (Å²) in [5.41, 5.74) is 6.62. The average molecular weight is 356 g/mol. The first kappa shape index (κ1) is 17.3. The van der Waals surface area contributed by atoms with Crippen LogP contribution in [0.2, 0.25) is 0 Å². The first-order valence-corrected chi connectivity index (χ1v) is 7.93. The molecule has 0 aliphatic rings. The number of hydrogen-bond donors (Lipinski definition) is 3. The summed E-state index contributed by atoms with van der Waals surface area (Å²) in [6.07, 6.45) is 2.14. The van der Waals surface area contributed by atoms with Crippen molar-refractivity contribution in [3.63, 3.8) is 0 Å². The fourth-order valence-electron chi connectivity index (χ4n) is 2.29. The van der Waals surface area contributed by atoms with E-state index in [1.54, 1.807) is 50.8 Å². The monoisotopic (exact) mass is 356 g/mol. The number of hydrogen-bond acceptors (Lipinski definition) is 6. The molecule has 0 saturated carbocycles. The number of guanidine groups is 1. The summed E-state index contributed by atoms with van der Waals surface area (Å²) in [5.74, 6) is 3.42. The van der Waals surface area contributed by atoms with E-state index in [-0.39, 0.29) is 5.96 Å². The molecule has 0 amide bonds. The first-order valence-electron chi connectivity index (χ1n) is 7.93. The number of aromatic amines is 1. The van der Waals surface area contributed by atoms with Gasteiger partial charge in [-0.2, -0.15) is 5.10 Å². The van der Waals surface area contributed by atoms with Gasteiger partial charge in [0, 0.05) is 19.0 Å². The summed E-state index contributed by atoms with van der Waals surface area (Å²) < 4.78 is 15.8. The van der Waals surface area contributed by atoms with Crippen LogP contribution >= 0.6 is 0 Å². The molecule has 2 aromatic heterocycles. The molecule has 9 heteroatoms. The molecule has 0 saturated heterocycles. The Hall–Kier alpha value is -3.49. The summed E-state index contributed by atoms with van der Waals surface area (Å²) in [7, 11) is 3.18. The number of furan rings is 1. The Morgan fingerprint density at radius 2 is 2.19 bits per heavy atom. The van der Waals surface area contributed by atoms with Crippen LogP contribution < -0.4 is 20.5 Å². The maximum Gasteiger partial charge on any atom is 0.216 e. The number of H-pyrrole nitrogens is 1. The van der Waals surface area contributed by atoms with Crippen LogP contribution in [0.1, 0.15) is 5.82 Å². The van der Waals surface area contributed by atoms with Crippen molar-refractivity contribution in [3.8, 4) is 23.1 Å². The summed E-state index contributed by atoms with van der Waals surface area (Å²) in [6.45, 7) is 0.442. The van der Waals surface area contributed by atoms with Crippen molar-refractivity contribution in [2.24, 2.45) is 10.7 Å². The zero-order valence-electron chi connectivity index (χ0n) is 14.5. The Balaban J connectivity index is 1.59. The molecule has 3 aromatic rings. The average Bonchev–Trinajstić information content (AvgIpc) is 3.33. The number of benzene rings is 1. The molecule has 0 fully saturated rings. The highest BCUT2D eigenvalue weighted by Crippen LogP contribution is 2.28. The molecule has 0 spiro atoms. The number of aromatic nitrogens is 3. The molecule has 136 valence electrons. The van der Waals surface area contributed by atoms with E-state index >= 15 is 0 Å². The molecule has 2 heterocycles. The number of anilines is 1. The fraction of sp³-hybridized carbons (Fsp3) is 0.235. The molecule has 9 nitrogen and oxygen atoms in total. The molecule has 1 aromatic carbocycles. The molecule has 3 rings (SSSR count). The Morgan fingerprint density at radius 3 is 2.92 bits per heavy atom. The quantitative estimate of drug-likeness (QED) is 0.437. The Bertz CT molecular complexity index is 873. The molecule has 0 atom stereocenters. The molecular weight excluding hydrogens is 336 g/mol. The van der Waals surface area contributed by atoms with Crippen LogP contribution in [0, 0.1) is 0 Å². The summed E-state index contributed by atoms with van der Waals surface area (Å²) in [4.78, 5) is 8.65. The third-order valence-electron chi connectivity index (χ3n) is 3.57. The summed E-state index contributed by atoms with van der Waals surface area (Å²) >= 11 is 0. The van der Waals surface area contributed by atoms with Gasteiger partial charge >= 0.3 is 0 Å². The third kappa shape index (κ3) is 4.12. The number of methoxy groups -OCH3 is 2. The molecular formula is C17H20N6O3. The fourth-order valence-corrected chi connectivity index (χ4v) is 2.29. The molecule has 0 bridgehead atoms. The molecule has 0 unspecified atom stereocenters. The minimum atomic E-state index is 0.266. The molecule has 4 N–H and O–H groups in total. The van der Waals surface area contributed by atoms with Crippen LogP contribution in [0.3, 0.4) is 0 Å². The van der Waals surface area contributed by atoms with E-state index < -0.39 is 0 Å². The van der Waals surface area contributed by atoms with E-state index in [9.17, 15) is 0 Å². The van der Waals surface area contributed by atoms with Crippen molar-refractivity contribution in [2.45, 2.75) is 6.42 Å². The van der Waals surface area contributed by atoms with Crippen LogP contribution in [-0.2, 0) is 6.42 Å². The van der Waals surface area contributed by atoms with Crippen LogP contribution in [0.15, 0.2) is 46.0 Å². The molecule has 0 aliphatic heterocycles. The van der Waals surface area contributed by atoms with Crippen molar-refractivity contribution < 1.29 is 13.9 Å². The Kier molecular flexibility index (Phi) is 5.37. The van der Waals surface area contributed by atoms with Crippen LogP contribution in [0.25, 0.3) is 11.6 Å². The van der Waals surface area contributed by atoms with E-state index in [2.05, 4.69) is 25.5 Å². The Labute approximate surface area is 150 Å². The lowest BCUT2D eigenvalue weighted by atomic mass is 10.2. The van der Waals surface area contributed by atoms with Crippen molar-refractivity contribution in [3.05, 3.63) is 42.4 Å². The van der Waals surface area contributed by atoms with Gasteiger partial charge in [-0.3, -0.25) is 10.1 Å². The predicted octanol–water partition coefficient (Wildman–Crippen LogP) is 2.05. The van der Waals surface area contributed by atoms with Crippen molar-refractivity contribution in [1.82, 2.24) is 15.2 Å². The van der Waals surface area contributed by atoms with Gasteiger partial charge in [0.15, 0.2) is 11.7 Å². The highest BCUT2D eigenvalue weighted by Gasteiger charge is 2.08. The minimum Gasteiger partial charge on any atom is -0.497 e. The smallest absolute Gasteiger partial charge is 0.216 e. The zero-order chi connectivity index (χ0) is 18.4. The lowest BCUT2D eigenvalue weighted by Crippen LogP contribution is -2.23. The molecule has 26 heavy (non-hydrogen) atoms. The highest BCUT2D eigenvalue weighted by atomic mass is 16.5. The van der Waals surface area contributed by atoms with Crippen LogP contribution in [-0.4, -0.2) is 41.9 Å². The summed E-state index contributed by atoms with van der Waals surface area (Å²) in [5, 5.41) is 9.98. The standard InChI is InChI=1S/C17H20N6O3/c1-24-11-5-6-13(25-2)12(10-11)20-17(18)19-8-7-15-21-16(23-22-15)14-4-3-9-26-14/h3-6,9-10H,7-8H2,1-2H3,(H3,18,19,20)(H,21,22,23). The maximum atomic E-state index is 5.95. The number of nitrogens with zero attached hydrogens (tertiary/aromatic N) is 3. The number of rotatable bonds is 7. The number of aliphatic imine (C=N–C) groups is 1. The van der Waals surface area contributed by atoms with E-state index in [4.69, 9.17) is 19.6 Å². The van der Waals surface area contributed by atoms with Gasteiger partial charge < -0.3 is 24.9 Å². The van der Waals surface area contributed by atoms with Gasteiger partial charge in [0.25, 0.3) is 0 Å². The largest absolute Gasteiger partial charge is 0.497 e. The van der Waals surface area contributed by atoms with E-state index in [1.165, 1.54) is 0 Å². The van der Waals surface area contributed by atoms with E-state index in [0.29, 0.717) is 47.6 Å². The number of nitrogens with one attached hydrogen (secondary N) is 2. The van der Waals surface area contributed by atoms with Gasteiger partial charge in [-0.15, -0.1) is 0 Å². The highest BCUT2D eigenvalue weighted by molar-refractivity contribution is 5.94. The van der Waals surface area contributed by atoms with Gasteiger partial charge in [-0.25, -0.2) is 4.98 Å². The van der Waals surface area contributed by atoms with Gasteiger partial charge in [-0.1, -0.05) is 0 Å². The lowest BCUT2D eigenvalue weighted by molar-refractivity contribution is 0.405. The second kappa shape index (κ2) is 8.06. The van der Waals surface area contributed by atoms with E-state index in [1.807, 2.05) is 0 Å². The van der Waals surface area contributed by atoms with Crippen molar-refractivity contribution in [2.75, 3.05) is 26.1 Å². The van der Waals surface area contributed by atoms with Crippen LogP contribution in [0.4, 0.5) is 5.69 Å². The second-order valence-corrected chi connectivity index (χ2v) is 5.29. The minimum absolute atomic E-state index is 0.266. The van der Waals surface area contributed by atoms with Gasteiger partial charge in [0.05, 0.1) is 26.2 Å².